The van der Waals surface area contributed by atoms with Crippen LogP contribution < -0.4 is 5.32 Å². The summed E-state index contributed by atoms with van der Waals surface area (Å²) in [5.41, 5.74) is 2.57. The van der Waals surface area contributed by atoms with E-state index < -0.39 is 0 Å². The van der Waals surface area contributed by atoms with Crippen molar-refractivity contribution in [1.82, 2.24) is 10.2 Å². The molecule has 1 aliphatic heterocycles. The molecule has 142 valence electrons. The highest BCUT2D eigenvalue weighted by Gasteiger charge is 2.28. The molecule has 0 saturated carbocycles. The Morgan fingerprint density at radius 2 is 1.85 bits per heavy atom. The van der Waals surface area contributed by atoms with Crippen LogP contribution in [0.2, 0.25) is 0 Å². The Labute approximate surface area is 159 Å². The number of rotatable bonds is 5. The molecule has 2 aromatic carbocycles. The molecule has 0 bridgehead atoms. The van der Waals surface area contributed by atoms with Gasteiger partial charge in [-0.3, -0.25) is 9.59 Å². The second-order valence-electron chi connectivity index (χ2n) is 7.05. The molecule has 0 atom stereocenters. The summed E-state index contributed by atoms with van der Waals surface area (Å²) >= 11 is 0. The fourth-order valence-corrected chi connectivity index (χ4v) is 3.49. The fraction of sp³-hybridized carbons (Fsp3) is 0.364. The van der Waals surface area contributed by atoms with Gasteiger partial charge in [0.2, 0.25) is 5.91 Å². The first kappa shape index (κ1) is 19.1. The Bertz CT molecular complexity index is 813. The molecule has 1 N–H and O–H groups in total. The number of hydrogen-bond acceptors (Lipinski definition) is 2. The summed E-state index contributed by atoms with van der Waals surface area (Å²) in [6.45, 7) is 3.61. The minimum Gasteiger partial charge on any atom is -0.356 e. The lowest BCUT2D eigenvalue weighted by Crippen LogP contribution is -2.43. The zero-order chi connectivity index (χ0) is 19.2. The zero-order valence-electron chi connectivity index (χ0n) is 15.6. The highest BCUT2D eigenvalue weighted by atomic mass is 19.1. The molecule has 1 aliphatic rings. The summed E-state index contributed by atoms with van der Waals surface area (Å²) in [5, 5.41) is 2.94. The molecule has 1 fully saturated rings. The van der Waals surface area contributed by atoms with Gasteiger partial charge in [0.25, 0.3) is 5.91 Å². The van der Waals surface area contributed by atoms with Crippen LogP contribution in [0.15, 0.2) is 48.5 Å². The highest BCUT2D eigenvalue weighted by molar-refractivity contribution is 5.95. The van der Waals surface area contributed by atoms with Gasteiger partial charge in [0.05, 0.1) is 0 Å². The van der Waals surface area contributed by atoms with Crippen LogP contribution in [0.4, 0.5) is 4.39 Å². The van der Waals surface area contributed by atoms with Crippen molar-refractivity contribution in [2.24, 2.45) is 5.92 Å². The minimum absolute atomic E-state index is 0.0226. The number of amides is 2. The van der Waals surface area contributed by atoms with E-state index in [4.69, 9.17) is 0 Å². The number of aryl methyl sites for hydroxylation is 1. The van der Waals surface area contributed by atoms with Crippen LogP contribution in [0.1, 0.15) is 34.3 Å². The Kier molecular flexibility index (Phi) is 6.22. The molecule has 2 amide bonds. The summed E-state index contributed by atoms with van der Waals surface area (Å²) in [4.78, 5) is 26.8. The van der Waals surface area contributed by atoms with E-state index in [9.17, 15) is 14.0 Å². The molecule has 0 radical (unpaired) electrons. The van der Waals surface area contributed by atoms with E-state index in [0.29, 0.717) is 38.9 Å². The Morgan fingerprint density at radius 3 is 2.56 bits per heavy atom. The third-order valence-corrected chi connectivity index (χ3v) is 5.13. The van der Waals surface area contributed by atoms with Crippen molar-refractivity contribution in [3.05, 3.63) is 71.0 Å². The molecule has 5 heteroatoms. The number of likely N-dealkylation sites (tertiary alicyclic amines) is 1. The first-order valence-electron chi connectivity index (χ1n) is 9.41. The number of halogens is 1. The molecule has 1 heterocycles. The molecule has 27 heavy (non-hydrogen) atoms. The first-order valence-corrected chi connectivity index (χ1v) is 9.41. The van der Waals surface area contributed by atoms with E-state index in [1.807, 2.05) is 42.2 Å². The van der Waals surface area contributed by atoms with E-state index in [2.05, 4.69) is 5.32 Å². The molecular weight excluding hydrogens is 343 g/mol. The highest BCUT2D eigenvalue weighted by Crippen LogP contribution is 2.20. The van der Waals surface area contributed by atoms with Crippen LogP contribution in [0.5, 0.6) is 0 Å². The third kappa shape index (κ3) is 4.94. The van der Waals surface area contributed by atoms with Crippen molar-refractivity contribution < 1.29 is 14.0 Å². The van der Waals surface area contributed by atoms with Crippen molar-refractivity contribution in [3.63, 3.8) is 0 Å². The van der Waals surface area contributed by atoms with Gasteiger partial charge in [-0.15, -0.1) is 0 Å². The number of nitrogens with one attached hydrogen (secondary N) is 1. The Hall–Kier alpha value is -2.69. The summed E-state index contributed by atoms with van der Waals surface area (Å²) in [7, 11) is 0. The van der Waals surface area contributed by atoms with Gasteiger partial charge in [0.1, 0.15) is 5.82 Å². The van der Waals surface area contributed by atoms with Crippen LogP contribution in [0, 0.1) is 18.7 Å². The largest absolute Gasteiger partial charge is 0.356 e. The number of nitrogens with zero attached hydrogens (tertiary/aromatic N) is 1. The molecule has 2 aromatic rings. The van der Waals surface area contributed by atoms with Crippen LogP contribution in [-0.4, -0.2) is 36.3 Å². The molecule has 0 aliphatic carbocycles. The standard InChI is InChI=1S/C22H25FN2O2/c1-16-5-2-3-8-20(16)22(27)25-13-10-18(11-14-25)21(26)24-12-9-17-6-4-7-19(23)15-17/h2-8,15,18H,9-14H2,1H3,(H,24,26). The number of carbonyl (C=O) groups excluding carboxylic acids is 2. The third-order valence-electron chi connectivity index (χ3n) is 5.13. The van der Waals surface area contributed by atoms with Gasteiger partial charge in [-0.05, 0) is 55.5 Å². The first-order chi connectivity index (χ1) is 13.0. The minimum atomic E-state index is -0.260. The van der Waals surface area contributed by atoms with Gasteiger partial charge in [-0.2, -0.15) is 0 Å². The Morgan fingerprint density at radius 1 is 1.11 bits per heavy atom. The molecule has 3 rings (SSSR count). The van der Waals surface area contributed by atoms with E-state index in [1.165, 1.54) is 12.1 Å². The predicted octanol–water partition coefficient (Wildman–Crippen LogP) is 3.35. The smallest absolute Gasteiger partial charge is 0.254 e. The molecular formula is C22H25FN2O2. The summed E-state index contributed by atoms with van der Waals surface area (Å²) < 4.78 is 13.2. The number of benzene rings is 2. The SMILES string of the molecule is Cc1ccccc1C(=O)N1CCC(C(=O)NCCc2cccc(F)c2)CC1. The normalized spacial score (nSPS) is 14.8. The maximum atomic E-state index is 13.2. The maximum absolute atomic E-state index is 13.2. The van der Waals surface area contributed by atoms with Crippen LogP contribution in [-0.2, 0) is 11.2 Å². The quantitative estimate of drug-likeness (QED) is 0.880. The van der Waals surface area contributed by atoms with Gasteiger partial charge >= 0.3 is 0 Å². The van der Waals surface area contributed by atoms with E-state index >= 15 is 0 Å². The lowest BCUT2D eigenvalue weighted by Gasteiger charge is -2.31. The Balaban J connectivity index is 1.45. The van der Waals surface area contributed by atoms with Gasteiger partial charge < -0.3 is 10.2 Å². The van der Waals surface area contributed by atoms with Gasteiger partial charge in [-0.25, -0.2) is 4.39 Å². The average Bonchev–Trinajstić information content (AvgIpc) is 2.68. The monoisotopic (exact) mass is 368 g/mol. The van der Waals surface area contributed by atoms with Gasteiger partial charge in [-0.1, -0.05) is 30.3 Å². The lowest BCUT2D eigenvalue weighted by molar-refractivity contribution is -0.126. The van der Waals surface area contributed by atoms with Gasteiger partial charge in [0.15, 0.2) is 0 Å². The van der Waals surface area contributed by atoms with Crippen LogP contribution >= 0.6 is 0 Å². The number of piperidine rings is 1. The number of hydrogen-bond donors (Lipinski definition) is 1. The summed E-state index contributed by atoms with van der Waals surface area (Å²) in [5.74, 6) is -0.268. The van der Waals surface area contributed by atoms with Crippen molar-refractivity contribution in [3.8, 4) is 0 Å². The molecule has 4 nitrogen and oxygen atoms in total. The van der Waals surface area contributed by atoms with Gasteiger partial charge in [0, 0.05) is 31.1 Å². The number of carbonyl (C=O) groups is 2. The van der Waals surface area contributed by atoms with Crippen molar-refractivity contribution in [2.45, 2.75) is 26.2 Å². The van der Waals surface area contributed by atoms with E-state index in [1.54, 1.807) is 6.07 Å². The van der Waals surface area contributed by atoms with Crippen LogP contribution in [0.3, 0.4) is 0 Å². The summed E-state index contributed by atoms with van der Waals surface area (Å²) in [6.07, 6.45) is 1.95. The zero-order valence-corrected chi connectivity index (χ0v) is 15.6. The fourth-order valence-electron chi connectivity index (χ4n) is 3.49. The van der Waals surface area contributed by atoms with Crippen molar-refractivity contribution in [2.75, 3.05) is 19.6 Å². The second-order valence-corrected chi connectivity index (χ2v) is 7.05. The lowest BCUT2D eigenvalue weighted by atomic mass is 9.95. The van der Waals surface area contributed by atoms with E-state index in [0.717, 1.165) is 16.7 Å². The second kappa shape index (κ2) is 8.80. The topological polar surface area (TPSA) is 49.4 Å². The van der Waals surface area contributed by atoms with E-state index in [-0.39, 0.29) is 23.5 Å². The maximum Gasteiger partial charge on any atom is 0.254 e. The molecule has 0 unspecified atom stereocenters. The molecule has 0 aromatic heterocycles. The van der Waals surface area contributed by atoms with Crippen LogP contribution in [0.25, 0.3) is 0 Å². The molecule has 0 spiro atoms. The average molecular weight is 368 g/mol. The van der Waals surface area contributed by atoms with Crippen molar-refractivity contribution in [1.29, 1.82) is 0 Å². The molecule has 1 saturated heterocycles. The summed E-state index contributed by atoms with van der Waals surface area (Å²) in [6, 6.07) is 14.0. The predicted molar refractivity (Wildman–Crippen MR) is 103 cm³/mol. The van der Waals surface area contributed by atoms with Crippen molar-refractivity contribution >= 4 is 11.8 Å².